The molecule has 0 radical (unpaired) electrons. The lowest BCUT2D eigenvalue weighted by atomic mass is 10.0. The zero-order valence-electron chi connectivity index (χ0n) is 13.1. The van der Waals surface area contributed by atoms with E-state index in [1.54, 1.807) is 4.90 Å². The molecular formula is C16H23N3O3. The molecule has 2 rings (SSSR count). The standard InChI is InChI=1S/C16H23N3O3/c1-3-22-16(21)19-9-7-13(8-10-19)18-15-6-4-5-14(11-15)17-12(2)20/h4-6,11,13,18H,3,7-10H2,1-2H3,(H,17,20). The molecule has 120 valence electrons. The van der Waals surface area contributed by atoms with Gasteiger partial charge in [-0.2, -0.15) is 0 Å². The fraction of sp³-hybridized carbons (Fsp3) is 0.500. The number of anilines is 2. The number of carbonyl (C=O) groups excluding carboxylic acids is 2. The van der Waals surface area contributed by atoms with E-state index in [4.69, 9.17) is 4.74 Å². The van der Waals surface area contributed by atoms with Gasteiger partial charge in [0, 0.05) is 37.4 Å². The zero-order chi connectivity index (χ0) is 15.9. The van der Waals surface area contributed by atoms with Crippen LogP contribution in [0.1, 0.15) is 26.7 Å². The van der Waals surface area contributed by atoms with E-state index in [0.29, 0.717) is 25.7 Å². The molecule has 1 aliphatic rings. The molecule has 1 aromatic carbocycles. The highest BCUT2D eigenvalue weighted by molar-refractivity contribution is 5.89. The first-order valence-electron chi connectivity index (χ1n) is 7.64. The van der Waals surface area contributed by atoms with Gasteiger partial charge in [0.25, 0.3) is 0 Å². The third kappa shape index (κ3) is 4.65. The fourth-order valence-electron chi connectivity index (χ4n) is 2.55. The number of likely N-dealkylation sites (tertiary alicyclic amines) is 1. The molecule has 0 spiro atoms. The Kier molecular flexibility index (Phi) is 5.63. The van der Waals surface area contributed by atoms with Crippen LogP contribution in [0.2, 0.25) is 0 Å². The van der Waals surface area contributed by atoms with Crippen LogP contribution >= 0.6 is 0 Å². The van der Waals surface area contributed by atoms with Gasteiger partial charge in [-0.15, -0.1) is 0 Å². The second-order valence-electron chi connectivity index (χ2n) is 5.37. The SMILES string of the molecule is CCOC(=O)N1CCC(Nc2cccc(NC(C)=O)c2)CC1. The second kappa shape index (κ2) is 7.68. The Hall–Kier alpha value is -2.24. The van der Waals surface area contributed by atoms with Crippen molar-refractivity contribution in [2.45, 2.75) is 32.7 Å². The number of rotatable bonds is 4. The van der Waals surface area contributed by atoms with Crippen molar-refractivity contribution in [3.8, 4) is 0 Å². The summed E-state index contributed by atoms with van der Waals surface area (Å²) in [6.45, 7) is 5.11. The lowest BCUT2D eigenvalue weighted by molar-refractivity contribution is -0.114. The summed E-state index contributed by atoms with van der Waals surface area (Å²) in [6.07, 6.45) is 1.53. The number of piperidine rings is 1. The van der Waals surface area contributed by atoms with Crippen molar-refractivity contribution in [3.05, 3.63) is 24.3 Å². The molecule has 1 fully saturated rings. The molecule has 6 heteroatoms. The summed E-state index contributed by atoms with van der Waals surface area (Å²) < 4.78 is 5.01. The number of ether oxygens (including phenoxy) is 1. The molecule has 0 atom stereocenters. The normalized spacial score (nSPS) is 15.3. The van der Waals surface area contributed by atoms with Crippen molar-refractivity contribution >= 4 is 23.4 Å². The monoisotopic (exact) mass is 305 g/mol. The van der Waals surface area contributed by atoms with E-state index in [2.05, 4.69) is 10.6 Å². The molecule has 1 aromatic rings. The quantitative estimate of drug-likeness (QED) is 0.897. The summed E-state index contributed by atoms with van der Waals surface area (Å²) in [7, 11) is 0. The maximum atomic E-state index is 11.7. The Labute approximate surface area is 130 Å². The minimum Gasteiger partial charge on any atom is -0.450 e. The number of hydrogen-bond acceptors (Lipinski definition) is 4. The molecule has 6 nitrogen and oxygen atoms in total. The Bertz CT molecular complexity index is 525. The Morgan fingerprint density at radius 2 is 1.95 bits per heavy atom. The zero-order valence-corrected chi connectivity index (χ0v) is 13.1. The van der Waals surface area contributed by atoms with Gasteiger partial charge in [-0.25, -0.2) is 4.79 Å². The highest BCUT2D eigenvalue weighted by Gasteiger charge is 2.23. The topological polar surface area (TPSA) is 70.7 Å². The van der Waals surface area contributed by atoms with Crippen LogP contribution in [0.3, 0.4) is 0 Å². The Morgan fingerprint density at radius 1 is 1.27 bits per heavy atom. The molecule has 0 aromatic heterocycles. The van der Waals surface area contributed by atoms with Crippen LogP contribution in [0, 0.1) is 0 Å². The van der Waals surface area contributed by atoms with Crippen LogP contribution in [0.25, 0.3) is 0 Å². The van der Waals surface area contributed by atoms with E-state index in [-0.39, 0.29) is 12.0 Å². The van der Waals surface area contributed by atoms with E-state index >= 15 is 0 Å². The molecule has 0 aliphatic carbocycles. The number of nitrogens with one attached hydrogen (secondary N) is 2. The summed E-state index contributed by atoms with van der Waals surface area (Å²) in [6, 6.07) is 7.97. The van der Waals surface area contributed by atoms with Gasteiger partial charge in [0.1, 0.15) is 0 Å². The lowest BCUT2D eigenvalue weighted by Gasteiger charge is -2.32. The first-order chi connectivity index (χ1) is 10.6. The maximum Gasteiger partial charge on any atom is 0.409 e. The lowest BCUT2D eigenvalue weighted by Crippen LogP contribution is -2.42. The highest BCUT2D eigenvalue weighted by atomic mass is 16.6. The molecule has 22 heavy (non-hydrogen) atoms. The minimum atomic E-state index is -0.228. The number of hydrogen-bond donors (Lipinski definition) is 2. The van der Waals surface area contributed by atoms with E-state index in [0.717, 1.165) is 24.2 Å². The second-order valence-corrected chi connectivity index (χ2v) is 5.37. The fourth-order valence-corrected chi connectivity index (χ4v) is 2.55. The van der Waals surface area contributed by atoms with Gasteiger partial charge in [0.2, 0.25) is 5.91 Å². The van der Waals surface area contributed by atoms with Crippen LogP contribution in [-0.2, 0) is 9.53 Å². The summed E-state index contributed by atoms with van der Waals surface area (Å²) in [4.78, 5) is 24.5. The summed E-state index contributed by atoms with van der Waals surface area (Å²) in [5.41, 5.74) is 1.75. The van der Waals surface area contributed by atoms with E-state index in [9.17, 15) is 9.59 Å². The average Bonchev–Trinajstić information content (AvgIpc) is 2.48. The van der Waals surface area contributed by atoms with Gasteiger partial charge >= 0.3 is 6.09 Å². The maximum absolute atomic E-state index is 11.7. The predicted octanol–water partition coefficient (Wildman–Crippen LogP) is 2.68. The number of nitrogens with zero attached hydrogens (tertiary/aromatic N) is 1. The summed E-state index contributed by atoms with van der Waals surface area (Å²) >= 11 is 0. The Morgan fingerprint density at radius 3 is 2.59 bits per heavy atom. The molecule has 1 saturated heterocycles. The van der Waals surface area contributed by atoms with Crippen LogP contribution in [0.4, 0.5) is 16.2 Å². The molecule has 1 heterocycles. The van der Waals surface area contributed by atoms with Gasteiger partial charge < -0.3 is 20.3 Å². The minimum absolute atomic E-state index is 0.0834. The molecular weight excluding hydrogens is 282 g/mol. The molecule has 1 aliphatic heterocycles. The molecule has 2 amide bonds. The molecule has 2 N–H and O–H groups in total. The van der Waals surface area contributed by atoms with Gasteiger partial charge in [-0.3, -0.25) is 4.79 Å². The summed E-state index contributed by atoms with van der Waals surface area (Å²) in [5, 5.41) is 6.23. The van der Waals surface area contributed by atoms with E-state index < -0.39 is 0 Å². The van der Waals surface area contributed by atoms with Crippen LogP contribution in [-0.4, -0.2) is 42.6 Å². The first-order valence-corrected chi connectivity index (χ1v) is 7.64. The van der Waals surface area contributed by atoms with Crippen molar-refractivity contribution < 1.29 is 14.3 Å². The smallest absolute Gasteiger partial charge is 0.409 e. The van der Waals surface area contributed by atoms with Crippen LogP contribution in [0.5, 0.6) is 0 Å². The van der Waals surface area contributed by atoms with E-state index in [1.807, 2.05) is 31.2 Å². The van der Waals surface area contributed by atoms with Crippen LogP contribution < -0.4 is 10.6 Å². The van der Waals surface area contributed by atoms with Crippen molar-refractivity contribution in [2.24, 2.45) is 0 Å². The third-order valence-corrected chi connectivity index (χ3v) is 3.57. The summed E-state index contributed by atoms with van der Waals surface area (Å²) in [5.74, 6) is -0.0834. The third-order valence-electron chi connectivity index (χ3n) is 3.57. The van der Waals surface area contributed by atoms with Crippen LogP contribution in [0.15, 0.2) is 24.3 Å². The number of carbonyl (C=O) groups is 2. The molecule has 0 saturated carbocycles. The largest absolute Gasteiger partial charge is 0.450 e. The highest BCUT2D eigenvalue weighted by Crippen LogP contribution is 2.20. The van der Waals surface area contributed by atoms with Crippen molar-refractivity contribution in [1.82, 2.24) is 4.90 Å². The van der Waals surface area contributed by atoms with Crippen molar-refractivity contribution in [1.29, 1.82) is 0 Å². The van der Waals surface area contributed by atoms with Gasteiger partial charge in [-0.1, -0.05) is 6.07 Å². The Balaban J connectivity index is 1.85. The number of benzene rings is 1. The van der Waals surface area contributed by atoms with Gasteiger partial charge in [0.15, 0.2) is 0 Å². The van der Waals surface area contributed by atoms with Crippen molar-refractivity contribution in [2.75, 3.05) is 30.3 Å². The molecule has 0 unspecified atom stereocenters. The first kappa shape index (κ1) is 16.1. The van der Waals surface area contributed by atoms with Gasteiger partial charge in [-0.05, 0) is 38.0 Å². The van der Waals surface area contributed by atoms with Gasteiger partial charge in [0.05, 0.1) is 6.61 Å². The predicted molar refractivity (Wildman–Crippen MR) is 86.0 cm³/mol. The number of amides is 2. The average molecular weight is 305 g/mol. The van der Waals surface area contributed by atoms with E-state index in [1.165, 1.54) is 6.92 Å². The molecule has 0 bridgehead atoms. The van der Waals surface area contributed by atoms with Crippen molar-refractivity contribution in [3.63, 3.8) is 0 Å².